The number of rotatable bonds is 14. The second-order valence-corrected chi connectivity index (χ2v) is 19.3. The second-order valence-electron chi connectivity index (χ2n) is 18.2. The molecule has 10 rings (SSSR count). The number of thiazole rings is 1. The summed E-state index contributed by atoms with van der Waals surface area (Å²) < 4.78 is 9.98. The van der Waals surface area contributed by atoms with Gasteiger partial charge >= 0.3 is 5.97 Å². The van der Waals surface area contributed by atoms with Gasteiger partial charge in [-0.25, -0.2) is 14.8 Å². The SMILES string of the molecule is Cc1c(Nc2nc3ccccc3s2)nnc2c1CCCN2c1ccc(-c2cnn(C[C@]34C[C@]5(C)C[C@](C)(C3)C[C@@](OCCNC(CO)CO)(C5)C4)c2C)c(C(=O)O)n1. The summed E-state index contributed by atoms with van der Waals surface area (Å²) >= 11 is 1.57. The molecule has 0 radical (unpaired) electrons. The van der Waals surface area contributed by atoms with Crippen LogP contribution < -0.4 is 15.5 Å². The lowest BCUT2D eigenvalue weighted by Crippen LogP contribution is -2.64. The zero-order valence-electron chi connectivity index (χ0n) is 33.7. The summed E-state index contributed by atoms with van der Waals surface area (Å²) in [7, 11) is 0. The fourth-order valence-electron chi connectivity index (χ4n) is 12.0. The lowest BCUT2D eigenvalue weighted by Gasteiger charge is -2.69. The first kappa shape index (κ1) is 38.9. The molecule has 4 aliphatic carbocycles. The van der Waals surface area contributed by atoms with Crippen LogP contribution in [0.5, 0.6) is 0 Å². The summed E-state index contributed by atoms with van der Waals surface area (Å²) in [5, 5.41) is 51.0. The molecule has 306 valence electrons. The van der Waals surface area contributed by atoms with Crippen molar-refractivity contribution in [1.82, 2.24) is 35.3 Å². The number of para-hydroxylation sites is 1. The maximum Gasteiger partial charge on any atom is 0.355 e. The van der Waals surface area contributed by atoms with Crippen LogP contribution in [0.15, 0.2) is 42.6 Å². The van der Waals surface area contributed by atoms with Gasteiger partial charge in [0.15, 0.2) is 22.5 Å². The van der Waals surface area contributed by atoms with Crippen LogP contribution in [0.2, 0.25) is 0 Å². The number of aliphatic hydroxyl groups excluding tert-OH is 2. The summed E-state index contributed by atoms with van der Waals surface area (Å²) in [6, 6.07) is 11.4. The van der Waals surface area contributed by atoms with Crippen molar-refractivity contribution < 1.29 is 24.9 Å². The van der Waals surface area contributed by atoms with Crippen molar-refractivity contribution in [3.63, 3.8) is 0 Å². The van der Waals surface area contributed by atoms with E-state index >= 15 is 0 Å². The van der Waals surface area contributed by atoms with Gasteiger partial charge in [-0.2, -0.15) is 5.10 Å². The Morgan fingerprint density at radius 1 is 0.966 bits per heavy atom. The van der Waals surface area contributed by atoms with Crippen molar-refractivity contribution in [2.24, 2.45) is 16.2 Å². The van der Waals surface area contributed by atoms with Crippen molar-refractivity contribution in [3.8, 4) is 11.1 Å². The number of aromatic nitrogens is 6. The molecule has 0 saturated heterocycles. The minimum Gasteiger partial charge on any atom is -0.476 e. The van der Waals surface area contributed by atoms with Crippen LogP contribution >= 0.6 is 11.3 Å². The lowest BCUT2D eigenvalue weighted by molar-refractivity contribution is -0.247. The number of pyridine rings is 1. The molecule has 1 aromatic carbocycles. The van der Waals surface area contributed by atoms with Gasteiger partial charge in [-0.05, 0) is 106 Å². The van der Waals surface area contributed by atoms with Crippen molar-refractivity contribution in [2.75, 3.05) is 43.1 Å². The Balaban J connectivity index is 0.959. The van der Waals surface area contributed by atoms with Gasteiger partial charge in [0.2, 0.25) is 0 Å². The quantitative estimate of drug-likeness (QED) is 0.0761. The zero-order chi connectivity index (χ0) is 40.5. The molecular formula is C43H53N9O5S. The van der Waals surface area contributed by atoms with E-state index in [0.29, 0.717) is 42.7 Å². The number of hydrogen-bond donors (Lipinski definition) is 5. The van der Waals surface area contributed by atoms with Gasteiger partial charge in [0.1, 0.15) is 5.82 Å². The number of aromatic carboxylic acids is 1. The molecule has 5 aliphatic rings. The predicted molar refractivity (Wildman–Crippen MR) is 223 cm³/mol. The van der Waals surface area contributed by atoms with Crippen LogP contribution in [0, 0.1) is 30.1 Å². The number of aliphatic hydroxyl groups is 2. The molecule has 5 heterocycles. The Labute approximate surface area is 342 Å². The topological polar surface area (TPSA) is 184 Å². The maximum absolute atomic E-state index is 12.9. The normalized spacial score (nSPS) is 26.2. The molecule has 4 aromatic heterocycles. The number of carboxylic acids is 1. The van der Waals surface area contributed by atoms with Gasteiger partial charge in [0.25, 0.3) is 0 Å². The summed E-state index contributed by atoms with van der Waals surface area (Å²) in [6.45, 7) is 11.1. The summed E-state index contributed by atoms with van der Waals surface area (Å²) in [4.78, 5) is 24.4. The van der Waals surface area contributed by atoms with E-state index in [0.717, 1.165) is 89.2 Å². The standard InChI is InChI=1S/C43H53N9O5S/c1-26-29-8-7-14-51(37(29)50-49-36(26)48-39-46-32-9-5-6-10-33(32)58-39)34-12-11-30(35(47-34)38(55)56)31-16-45-52(27(31)2)25-42-20-40(3)19-41(4,21-42)23-43(22-40,24-42)57-15-13-44-28(17-53)18-54/h5-6,9-12,16,28,44,53-54H,7-8,13-15,17-25H2,1-4H3,(H,55,56)(H,46,48,49)/t40-,41+,42+,43-. The Morgan fingerprint density at radius 2 is 1.74 bits per heavy atom. The summed E-state index contributed by atoms with van der Waals surface area (Å²) in [6.07, 6.45) is 9.85. The first-order chi connectivity index (χ1) is 27.8. The summed E-state index contributed by atoms with van der Waals surface area (Å²) in [5.74, 6) is 0.768. The van der Waals surface area contributed by atoms with Crippen molar-refractivity contribution in [3.05, 3.63) is 65.1 Å². The molecule has 1 aliphatic heterocycles. The van der Waals surface area contributed by atoms with Gasteiger partial charge < -0.3 is 35.6 Å². The van der Waals surface area contributed by atoms with Crippen LogP contribution in [0.3, 0.4) is 0 Å². The molecule has 0 spiro atoms. The number of nitrogens with zero attached hydrogens (tertiary/aromatic N) is 7. The van der Waals surface area contributed by atoms with Crippen LogP contribution in [0.25, 0.3) is 21.3 Å². The molecule has 14 nitrogen and oxygen atoms in total. The molecule has 0 unspecified atom stereocenters. The van der Waals surface area contributed by atoms with E-state index in [9.17, 15) is 20.1 Å². The van der Waals surface area contributed by atoms with E-state index in [1.807, 2.05) is 55.1 Å². The molecule has 4 saturated carbocycles. The minimum atomic E-state index is -1.10. The molecule has 5 aromatic rings. The fraction of sp³-hybridized carbons (Fsp3) is 0.535. The highest BCUT2D eigenvalue weighted by molar-refractivity contribution is 7.22. The zero-order valence-corrected chi connectivity index (χ0v) is 34.5. The summed E-state index contributed by atoms with van der Waals surface area (Å²) in [5.41, 5.74) is 5.22. The first-order valence-corrected chi connectivity index (χ1v) is 21.3. The lowest BCUT2D eigenvalue weighted by atomic mass is 9.39. The molecule has 5 N–H and O–H groups in total. The molecule has 15 heteroatoms. The average Bonchev–Trinajstić information content (AvgIpc) is 3.75. The van der Waals surface area contributed by atoms with E-state index in [4.69, 9.17) is 19.8 Å². The first-order valence-electron chi connectivity index (χ1n) is 20.4. The van der Waals surface area contributed by atoms with Gasteiger partial charge in [-0.3, -0.25) is 4.68 Å². The van der Waals surface area contributed by atoms with E-state index in [1.54, 1.807) is 17.5 Å². The van der Waals surface area contributed by atoms with Gasteiger partial charge in [-0.15, -0.1) is 10.2 Å². The average molecular weight is 808 g/mol. The molecule has 58 heavy (non-hydrogen) atoms. The third-order valence-corrected chi connectivity index (χ3v) is 14.1. The Kier molecular flexibility index (Phi) is 9.82. The molecular weight excluding hydrogens is 755 g/mol. The van der Waals surface area contributed by atoms with Gasteiger partial charge in [-0.1, -0.05) is 37.3 Å². The third-order valence-electron chi connectivity index (χ3n) is 13.2. The van der Waals surface area contributed by atoms with Gasteiger partial charge in [0, 0.05) is 47.6 Å². The maximum atomic E-state index is 12.9. The van der Waals surface area contributed by atoms with Gasteiger partial charge in [0.05, 0.1) is 47.9 Å². The fourth-order valence-corrected chi connectivity index (χ4v) is 12.8. The number of nitrogens with one attached hydrogen (secondary N) is 2. The highest BCUT2D eigenvalue weighted by Crippen LogP contribution is 2.72. The van der Waals surface area contributed by atoms with E-state index < -0.39 is 5.97 Å². The molecule has 4 atom stereocenters. The van der Waals surface area contributed by atoms with E-state index in [1.165, 1.54) is 6.42 Å². The number of hydrogen-bond acceptors (Lipinski definition) is 13. The molecule has 4 bridgehead atoms. The Hall–Kier alpha value is -4.54. The van der Waals surface area contributed by atoms with Crippen LogP contribution in [0.1, 0.15) is 86.1 Å². The second kappa shape index (κ2) is 14.6. The number of carbonyl (C=O) groups is 1. The number of fused-ring (bicyclic) bond motifs is 2. The minimum absolute atomic E-state index is 0.0131. The van der Waals surface area contributed by atoms with E-state index in [2.05, 4.69) is 39.4 Å². The third kappa shape index (κ3) is 7.04. The number of carboxylic acid groups (broad SMARTS) is 1. The molecule has 4 fully saturated rings. The van der Waals surface area contributed by atoms with E-state index in [-0.39, 0.29) is 46.8 Å². The smallest absolute Gasteiger partial charge is 0.355 e. The van der Waals surface area contributed by atoms with Crippen LogP contribution in [0.4, 0.5) is 22.6 Å². The number of anilines is 4. The Morgan fingerprint density at radius 3 is 2.48 bits per heavy atom. The number of benzene rings is 1. The highest BCUT2D eigenvalue weighted by Gasteiger charge is 2.66. The van der Waals surface area contributed by atoms with Crippen LogP contribution in [-0.4, -0.2) is 95.8 Å². The molecule has 0 amide bonds. The van der Waals surface area contributed by atoms with Crippen molar-refractivity contribution >= 4 is 50.1 Å². The van der Waals surface area contributed by atoms with Crippen molar-refractivity contribution in [1.29, 1.82) is 0 Å². The Bertz CT molecular complexity index is 2320. The monoisotopic (exact) mass is 807 g/mol. The predicted octanol–water partition coefficient (Wildman–Crippen LogP) is 6.57. The largest absolute Gasteiger partial charge is 0.476 e. The highest BCUT2D eigenvalue weighted by atomic mass is 32.1. The number of ether oxygens (including phenoxy) is 1. The van der Waals surface area contributed by atoms with Crippen molar-refractivity contribution in [2.45, 2.75) is 97.2 Å². The van der Waals surface area contributed by atoms with Crippen LogP contribution in [-0.2, 0) is 17.7 Å².